The van der Waals surface area contributed by atoms with Crippen molar-refractivity contribution in [1.29, 1.82) is 0 Å². The van der Waals surface area contributed by atoms with Crippen LogP contribution in [0.3, 0.4) is 0 Å². The van der Waals surface area contributed by atoms with Gasteiger partial charge in [0, 0.05) is 18.4 Å². The molecular weight excluding hydrogens is 290 g/mol. The second-order valence-electron chi connectivity index (χ2n) is 6.38. The first-order chi connectivity index (χ1) is 11.5. The third kappa shape index (κ3) is 5.27. The SMILES string of the molecule is Cc1ccc(C)cc1.Cc1ccc(N(C)c2ccc(C)cc2)cc1. The fourth-order valence-corrected chi connectivity index (χ4v) is 2.32. The lowest BCUT2D eigenvalue weighted by Crippen LogP contribution is -2.08. The van der Waals surface area contributed by atoms with Crippen LogP contribution in [0.1, 0.15) is 22.3 Å². The predicted octanol–water partition coefficient (Wildman–Crippen LogP) is 6.37. The second kappa shape index (κ2) is 8.35. The summed E-state index contributed by atoms with van der Waals surface area (Å²) in [4.78, 5) is 2.19. The zero-order chi connectivity index (χ0) is 17.5. The Kier molecular flexibility index (Phi) is 6.20. The Hall–Kier alpha value is -2.54. The standard InChI is InChI=1S/C15H17N.C8H10/c1-12-4-8-14(9-5-12)16(3)15-10-6-13(2)7-11-15;1-7-3-5-8(2)6-4-7/h4-11H,1-3H3;3-6H,1-2H3. The van der Waals surface area contributed by atoms with Crippen molar-refractivity contribution in [3.63, 3.8) is 0 Å². The maximum absolute atomic E-state index is 2.19. The molecule has 3 rings (SSSR count). The van der Waals surface area contributed by atoms with Gasteiger partial charge < -0.3 is 4.90 Å². The molecule has 0 atom stereocenters. The van der Waals surface area contributed by atoms with Crippen LogP contribution >= 0.6 is 0 Å². The van der Waals surface area contributed by atoms with Crippen LogP contribution in [0.15, 0.2) is 72.8 Å². The number of benzene rings is 3. The van der Waals surface area contributed by atoms with Crippen LogP contribution in [0.25, 0.3) is 0 Å². The van der Waals surface area contributed by atoms with Gasteiger partial charge in [-0.3, -0.25) is 0 Å². The van der Waals surface area contributed by atoms with Crippen molar-refractivity contribution in [1.82, 2.24) is 0 Å². The van der Waals surface area contributed by atoms with Gasteiger partial charge in [-0.2, -0.15) is 0 Å². The van der Waals surface area contributed by atoms with E-state index >= 15 is 0 Å². The third-order valence-electron chi connectivity index (χ3n) is 4.06. The lowest BCUT2D eigenvalue weighted by molar-refractivity contribution is 1.20. The van der Waals surface area contributed by atoms with E-state index in [-0.39, 0.29) is 0 Å². The number of hydrogen-bond acceptors (Lipinski definition) is 1. The first kappa shape index (κ1) is 17.8. The minimum Gasteiger partial charge on any atom is -0.345 e. The summed E-state index contributed by atoms with van der Waals surface area (Å²) in [5, 5.41) is 0. The molecule has 0 aliphatic carbocycles. The van der Waals surface area contributed by atoms with Crippen molar-refractivity contribution in [2.45, 2.75) is 27.7 Å². The fraction of sp³-hybridized carbons (Fsp3) is 0.217. The lowest BCUT2D eigenvalue weighted by Gasteiger charge is -2.19. The summed E-state index contributed by atoms with van der Waals surface area (Å²) in [5.41, 5.74) is 7.68. The molecule has 0 N–H and O–H groups in total. The summed E-state index contributed by atoms with van der Waals surface area (Å²) in [6.45, 7) is 8.41. The van der Waals surface area contributed by atoms with E-state index in [0.29, 0.717) is 0 Å². The molecule has 0 unspecified atom stereocenters. The zero-order valence-electron chi connectivity index (χ0n) is 15.4. The van der Waals surface area contributed by atoms with Crippen molar-refractivity contribution in [2.75, 3.05) is 11.9 Å². The van der Waals surface area contributed by atoms with Crippen LogP contribution in [0.4, 0.5) is 11.4 Å². The first-order valence-electron chi connectivity index (χ1n) is 8.36. The topological polar surface area (TPSA) is 3.24 Å². The molecule has 0 fully saturated rings. The van der Waals surface area contributed by atoms with Gasteiger partial charge in [0.1, 0.15) is 0 Å². The summed E-state index contributed by atoms with van der Waals surface area (Å²) in [5.74, 6) is 0. The summed E-state index contributed by atoms with van der Waals surface area (Å²) >= 11 is 0. The van der Waals surface area contributed by atoms with Crippen LogP contribution in [0.2, 0.25) is 0 Å². The second-order valence-corrected chi connectivity index (χ2v) is 6.38. The van der Waals surface area contributed by atoms with Gasteiger partial charge in [0.25, 0.3) is 0 Å². The lowest BCUT2D eigenvalue weighted by atomic mass is 10.2. The van der Waals surface area contributed by atoms with Gasteiger partial charge in [-0.05, 0) is 52.0 Å². The van der Waals surface area contributed by atoms with Crippen LogP contribution < -0.4 is 4.90 Å². The average molecular weight is 317 g/mol. The van der Waals surface area contributed by atoms with Crippen LogP contribution in [0.5, 0.6) is 0 Å². The molecule has 0 bridgehead atoms. The number of rotatable bonds is 2. The first-order valence-corrected chi connectivity index (χ1v) is 8.36. The number of nitrogens with zero attached hydrogens (tertiary/aromatic N) is 1. The van der Waals surface area contributed by atoms with E-state index < -0.39 is 0 Å². The van der Waals surface area contributed by atoms with Crippen LogP contribution in [0, 0.1) is 27.7 Å². The molecule has 0 heterocycles. The molecule has 0 aromatic heterocycles. The van der Waals surface area contributed by atoms with Crippen molar-refractivity contribution in [3.05, 3.63) is 95.1 Å². The van der Waals surface area contributed by atoms with E-state index in [4.69, 9.17) is 0 Å². The molecule has 124 valence electrons. The fourth-order valence-electron chi connectivity index (χ4n) is 2.32. The normalized spacial score (nSPS) is 9.88. The molecular formula is C23H27N. The van der Waals surface area contributed by atoms with E-state index in [2.05, 4.69) is 112 Å². The van der Waals surface area contributed by atoms with E-state index in [0.717, 1.165) is 0 Å². The van der Waals surface area contributed by atoms with Gasteiger partial charge in [-0.25, -0.2) is 0 Å². The molecule has 0 saturated heterocycles. The van der Waals surface area contributed by atoms with Gasteiger partial charge in [-0.1, -0.05) is 70.8 Å². The van der Waals surface area contributed by atoms with E-state index in [1.54, 1.807) is 0 Å². The van der Waals surface area contributed by atoms with E-state index in [1.807, 2.05) is 0 Å². The maximum Gasteiger partial charge on any atom is 0.0408 e. The van der Waals surface area contributed by atoms with E-state index in [1.165, 1.54) is 33.6 Å². The van der Waals surface area contributed by atoms with Gasteiger partial charge in [0.2, 0.25) is 0 Å². The number of aryl methyl sites for hydroxylation is 4. The Morgan fingerprint density at radius 2 is 0.625 bits per heavy atom. The minimum absolute atomic E-state index is 1.22. The summed E-state index contributed by atoms with van der Waals surface area (Å²) < 4.78 is 0. The van der Waals surface area contributed by atoms with Crippen LogP contribution in [-0.4, -0.2) is 7.05 Å². The zero-order valence-corrected chi connectivity index (χ0v) is 15.4. The summed E-state index contributed by atoms with van der Waals surface area (Å²) in [7, 11) is 2.09. The van der Waals surface area contributed by atoms with Gasteiger partial charge in [0.05, 0.1) is 0 Å². The molecule has 0 spiro atoms. The molecule has 0 aliphatic rings. The third-order valence-corrected chi connectivity index (χ3v) is 4.06. The molecule has 3 aromatic rings. The Morgan fingerprint density at radius 1 is 0.417 bits per heavy atom. The van der Waals surface area contributed by atoms with Crippen molar-refractivity contribution < 1.29 is 0 Å². The van der Waals surface area contributed by atoms with Crippen molar-refractivity contribution >= 4 is 11.4 Å². The van der Waals surface area contributed by atoms with Gasteiger partial charge in [0.15, 0.2) is 0 Å². The maximum atomic E-state index is 2.19. The quantitative estimate of drug-likeness (QED) is 0.530. The van der Waals surface area contributed by atoms with Crippen molar-refractivity contribution in [2.24, 2.45) is 0 Å². The molecule has 3 aromatic carbocycles. The molecule has 0 radical (unpaired) electrons. The highest BCUT2D eigenvalue weighted by molar-refractivity contribution is 5.62. The predicted molar refractivity (Wildman–Crippen MR) is 106 cm³/mol. The molecule has 0 saturated carbocycles. The average Bonchev–Trinajstić information content (AvgIpc) is 2.59. The molecule has 1 nitrogen and oxygen atoms in total. The summed E-state index contributed by atoms with van der Waals surface area (Å²) in [6, 6.07) is 25.6. The monoisotopic (exact) mass is 317 g/mol. The highest BCUT2D eigenvalue weighted by atomic mass is 15.1. The highest BCUT2D eigenvalue weighted by Gasteiger charge is 2.02. The Balaban J connectivity index is 0.000000219. The smallest absolute Gasteiger partial charge is 0.0408 e. The molecule has 1 heteroatoms. The van der Waals surface area contributed by atoms with Gasteiger partial charge >= 0.3 is 0 Å². The Labute approximate surface area is 146 Å². The van der Waals surface area contributed by atoms with Gasteiger partial charge in [-0.15, -0.1) is 0 Å². The molecule has 24 heavy (non-hydrogen) atoms. The van der Waals surface area contributed by atoms with E-state index in [9.17, 15) is 0 Å². The Bertz CT molecular complexity index is 671. The van der Waals surface area contributed by atoms with Crippen LogP contribution in [-0.2, 0) is 0 Å². The number of anilines is 2. The Morgan fingerprint density at radius 3 is 0.875 bits per heavy atom. The summed E-state index contributed by atoms with van der Waals surface area (Å²) in [6.07, 6.45) is 0. The molecule has 0 aliphatic heterocycles. The highest BCUT2D eigenvalue weighted by Crippen LogP contribution is 2.23. The number of hydrogen-bond donors (Lipinski definition) is 0. The largest absolute Gasteiger partial charge is 0.345 e. The minimum atomic E-state index is 1.22. The van der Waals surface area contributed by atoms with Crippen molar-refractivity contribution in [3.8, 4) is 0 Å². The molecule has 0 amide bonds.